The molecule has 1 saturated heterocycles. The third-order valence-electron chi connectivity index (χ3n) is 8.17. The molecule has 2 aromatic carbocycles. The Hall–Kier alpha value is -3.37. The molecular formula is C37H54ClN5O4S. The fourth-order valence-electron chi connectivity index (χ4n) is 5.25. The van der Waals surface area contributed by atoms with Crippen LogP contribution in [0, 0.1) is 5.92 Å². The van der Waals surface area contributed by atoms with E-state index >= 15 is 0 Å². The van der Waals surface area contributed by atoms with Crippen molar-refractivity contribution < 1.29 is 14.4 Å². The lowest BCUT2D eigenvalue weighted by Crippen LogP contribution is -2.35. The summed E-state index contributed by atoms with van der Waals surface area (Å²) >= 11 is 7.42. The Morgan fingerprint density at radius 3 is 2.35 bits per heavy atom. The summed E-state index contributed by atoms with van der Waals surface area (Å²) in [6.45, 7) is 16.5. The van der Waals surface area contributed by atoms with Gasteiger partial charge < -0.3 is 15.1 Å². The highest BCUT2D eigenvalue weighted by Gasteiger charge is 2.30. The molecule has 1 aromatic heterocycles. The number of benzene rings is 2. The Labute approximate surface area is 295 Å². The lowest BCUT2D eigenvalue weighted by atomic mass is 10.0. The quantitative estimate of drug-likeness (QED) is 0.0770. The molecule has 0 saturated carbocycles. The molecule has 48 heavy (non-hydrogen) atoms. The van der Waals surface area contributed by atoms with Gasteiger partial charge in [-0.2, -0.15) is 0 Å². The van der Waals surface area contributed by atoms with E-state index in [1.54, 1.807) is 22.8 Å². The zero-order valence-corrected chi connectivity index (χ0v) is 31.1. The molecular weight excluding hydrogens is 646 g/mol. The van der Waals surface area contributed by atoms with Gasteiger partial charge in [0, 0.05) is 50.7 Å². The van der Waals surface area contributed by atoms with Gasteiger partial charge >= 0.3 is 0 Å². The number of hydrogen-bond acceptors (Lipinski definition) is 6. The SMILES string of the molecule is CC.CCCN(CCC(C)CC)C(=O)CCNC=O.CCn1c(SC(C(=O)N2CCCC2)c2ccccc2)nc2ccc(Cl)cc2c1=O. The Morgan fingerprint density at radius 2 is 1.75 bits per heavy atom. The van der Waals surface area contributed by atoms with Crippen LogP contribution >= 0.6 is 23.4 Å². The number of hydrogen-bond donors (Lipinski definition) is 1. The summed E-state index contributed by atoms with van der Waals surface area (Å²) in [6, 6.07) is 14.9. The van der Waals surface area contributed by atoms with Crippen molar-refractivity contribution in [1.29, 1.82) is 0 Å². The summed E-state index contributed by atoms with van der Waals surface area (Å²) in [6.07, 6.45) is 6.30. The van der Waals surface area contributed by atoms with Crippen LogP contribution in [0.1, 0.15) is 90.9 Å². The highest BCUT2D eigenvalue weighted by molar-refractivity contribution is 8.00. The first-order valence-electron chi connectivity index (χ1n) is 17.4. The molecule has 3 amide bonds. The normalized spacial score (nSPS) is 13.4. The molecule has 0 radical (unpaired) electrons. The van der Waals surface area contributed by atoms with Crippen LogP contribution in [-0.2, 0) is 20.9 Å². The first kappa shape index (κ1) is 40.8. The van der Waals surface area contributed by atoms with E-state index in [1.807, 2.05) is 60.9 Å². The minimum Gasteiger partial charge on any atom is -0.358 e. The average Bonchev–Trinajstić information content (AvgIpc) is 3.66. The number of halogens is 1. The van der Waals surface area contributed by atoms with E-state index in [0.29, 0.717) is 52.9 Å². The second kappa shape index (κ2) is 22.3. The molecule has 1 fully saturated rings. The number of nitrogens with one attached hydrogen (secondary N) is 1. The number of carbonyl (C=O) groups is 3. The molecule has 11 heteroatoms. The van der Waals surface area contributed by atoms with Crippen LogP contribution < -0.4 is 10.9 Å². The molecule has 4 rings (SSSR count). The van der Waals surface area contributed by atoms with Crippen LogP contribution in [0.5, 0.6) is 0 Å². The van der Waals surface area contributed by atoms with Gasteiger partial charge in [0.1, 0.15) is 5.25 Å². The molecule has 3 aromatic rings. The summed E-state index contributed by atoms with van der Waals surface area (Å²) < 4.78 is 1.62. The van der Waals surface area contributed by atoms with Crippen molar-refractivity contribution in [2.24, 2.45) is 5.92 Å². The van der Waals surface area contributed by atoms with Crippen molar-refractivity contribution in [2.75, 3.05) is 32.7 Å². The molecule has 264 valence electrons. The topological polar surface area (TPSA) is 105 Å². The van der Waals surface area contributed by atoms with Crippen molar-refractivity contribution in [2.45, 2.75) is 97.0 Å². The monoisotopic (exact) mass is 699 g/mol. The summed E-state index contributed by atoms with van der Waals surface area (Å²) in [4.78, 5) is 56.9. The van der Waals surface area contributed by atoms with Crippen LogP contribution in [0.25, 0.3) is 10.9 Å². The number of thioether (sulfide) groups is 1. The van der Waals surface area contributed by atoms with E-state index < -0.39 is 5.25 Å². The third-order valence-corrected chi connectivity index (χ3v) is 9.63. The number of likely N-dealkylation sites (tertiary alicyclic amines) is 1. The number of fused-ring (bicyclic) bond motifs is 1. The predicted molar refractivity (Wildman–Crippen MR) is 199 cm³/mol. The van der Waals surface area contributed by atoms with Crippen LogP contribution in [0.4, 0.5) is 0 Å². The zero-order chi connectivity index (χ0) is 35.5. The summed E-state index contributed by atoms with van der Waals surface area (Å²) in [5.41, 5.74) is 1.37. The van der Waals surface area contributed by atoms with Crippen LogP contribution in [0.3, 0.4) is 0 Å². The predicted octanol–water partition coefficient (Wildman–Crippen LogP) is 7.35. The van der Waals surface area contributed by atoms with E-state index in [-0.39, 0.29) is 17.4 Å². The Bertz CT molecular complexity index is 1480. The Morgan fingerprint density at radius 1 is 1.06 bits per heavy atom. The van der Waals surface area contributed by atoms with Crippen LogP contribution in [-0.4, -0.2) is 70.3 Å². The first-order chi connectivity index (χ1) is 23.2. The fraction of sp³-hybridized carbons (Fsp3) is 0.541. The fourth-order valence-corrected chi connectivity index (χ4v) is 6.66. The van der Waals surface area contributed by atoms with Gasteiger partial charge in [0.05, 0.1) is 10.9 Å². The zero-order valence-electron chi connectivity index (χ0n) is 29.5. The highest BCUT2D eigenvalue weighted by atomic mass is 35.5. The van der Waals surface area contributed by atoms with Crippen molar-refractivity contribution in [3.05, 3.63) is 69.5 Å². The van der Waals surface area contributed by atoms with Crippen molar-refractivity contribution >= 4 is 52.5 Å². The van der Waals surface area contributed by atoms with Gasteiger partial charge in [-0.15, -0.1) is 0 Å². The summed E-state index contributed by atoms with van der Waals surface area (Å²) in [5.74, 6) is 0.881. The Kier molecular flexibility index (Phi) is 19.0. The van der Waals surface area contributed by atoms with Crippen molar-refractivity contribution in [3.63, 3.8) is 0 Å². The molecule has 0 aliphatic carbocycles. The molecule has 0 bridgehead atoms. The molecule has 1 N–H and O–H groups in total. The smallest absolute Gasteiger partial charge is 0.262 e. The standard InChI is InChI=1S/C22H22ClN3O2S.C13H26N2O2.C2H6/c1-2-26-20(27)17-14-16(23)10-11-18(17)24-22(26)29-19(15-8-4-3-5-9-15)21(28)25-12-6-7-13-25;1-4-9-15(10-7-12(3)5-2)13(17)6-8-14-11-16;1-2/h3-5,8-11,14,19H,2,6-7,12-13H2,1H3;11-12H,4-10H2,1-3H3,(H,14,16);1-2H3. The number of amides is 3. The van der Waals surface area contributed by atoms with Crippen LogP contribution in [0.15, 0.2) is 58.5 Å². The van der Waals surface area contributed by atoms with Gasteiger partial charge in [-0.3, -0.25) is 23.7 Å². The molecule has 1 aliphatic heterocycles. The van der Waals surface area contributed by atoms with Gasteiger partial charge in [-0.25, -0.2) is 4.98 Å². The molecule has 0 spiro atoms. The number of rotatable bonds is 15. The number of carbonyl (C=O) groups excluding carboxylic acids is 3. The van der Waals surface area contributed by atoms with Gasteiger partial charge in [0.15, 0.2) is 5.16 Å². The third kappa shape index (κ3) is 12.3. The maximum atomic E-state index is 13.3. The molecule has 2 unspecified atom stereocenters. The van der Waals surface area contributed by atoms with E-state index in [4.69, 9.17) is 16.6 Å². The largest absolute Gasteiger partial charge is 0.358 e. The van der Waals surface area contributed by atoms with Crippen molar-refractivity contribution in [1.82, 2.24) is 24.7 Å². The lowest BCUT2D eigenvalue weighted by Gasteiger charge is -2.24. The van der Waals surface area contributed by atoms with Gasteiger partial charge in [-0.1, -0.05) is 94.7 Å². The van der Waals surface area contributed by atoms with Gasteiger partial charge in [0.2, 0.25) is 18.2 Å². The van der Waals surface area contributed by atoms with Gasteiger partial charge in [0.25, 0.3) is 5.56 Å². The van der Waals surface area contributed by atoms with E-state index in [2.05, 4.69) is 26.1 Å². The molecule has 2 heterocycles. The maximum Gasteiger partial charge on any atom is 0.262 e. The maximum absolute atomic E-state index is 13.3. The minimum atomic E-state index is -0.441. The molecule has 1 aliphatic rings. The average molecular weight is 700 g/mol. The Balaban J connectivity index is 0.000000363. The van der Waals surface area contributed by atoms with Gasteiger partial charge in [-0.05, 0) is 62.3 Å². The van der Waals surface area contributed by atoms with Crippen molar-refractivity contribution in [3.8, 4) is 0 Å². The highest BCUT2D eigenvalue weighted by Crippen LogP contribution is 2.37. The molecule has 2 atom stereocenters. The van der Waals surface area contributed by atoms with E-state index in [0.717, 1.165) is 63.8 Å². The van der Waals surface area contributed by atoms with E-state index in [9.17, 15) is 19.2 Å². The lowest BCUT2D eigenvalue weighted by molar-refractivity contribution is -0.131. The summed E-state index contributed by atoms with van der Waals surface area (Å²) in [5, 5.41) is 3.63. The molecule has 9 nitrogen and oxygen atoms in total. The number of aromatic nitrogens is 2. The van der Waals surface area contributed by atoms with Crippen LogP contribution in [0.2, 0.25) is 5.02 Å². The second-order valence-corrected chi connectivity index (χ2v) is 13.1. The number of nitrogens with zero attached hydrogens (tertiary/aromatic N) is 4. The van der Waals surface area contributed by atoms with E-state index in [1.165, 1.54) is 11.8 Å². The minimum absolute atomic E-state index is 0.0757. The first-order valence-corrected chi connectivity index (χ1v) is 18.6. The summed E-state index contributed by atoms with van der Waals surface area (Å²) in [7, 11) is 0. The second-order valence-electron chi connectivity index (χ2n) is 11.6.